The number of rotatable bonds is 5. The molecule has 0 bridgehead atoms. The third-order valence-corrected chi connectivity index (χ3v) is 9.80. The first-order chi connectivity index (χ1) is 15.1. The Bertz CT molecular complexity index is 1040. The van der Waals surface area contributed by atoms with E-state index in [0.29, 0.717) is 0 Å². The molecule has 1 aromatic carbocycles. The van der Waals surface area contributed by atoms with E-state index in [0.717, 1.165) is 38.3 Å². The summed E-state index contributed by atoms with van der Waals surface area (Å²) in [6.45, 7) is 9.28. The van der Waals surface area contributed by atoms with Gasteiger partial charge in [-0.3, -0.25) is 4.79 Å². The van der Waals surface area contributed by atoms with Gasteiger partial charge >= 0.3 is 0 Å². The third-order valence-electron chi connectivity index (χ3n) is 7.13. The number of amides is 1. The second-order valence-electron chi connectivity index (χ2n) is 9.00. The molecule has 1 saturated heterocycles. The maximum atomic E-state index is 11.9. The van der Waals surface area contributed by atoms with Gasteiger partial charge in [0.2, 0.25) is 5.91 Å². The van der Waals surface area contributed by atoms with Gasteiger partial charge in [0.25, 0.3) is 0 Å². The zero-order valence-electron chi connectivity index (χ0n) is 18.7. The van der Waals surface area contributed by atoms with Crippen LogP contribution in [0.5, 0.6) is 0 Å². The molecule has 2 aliphatic heterocycles. The van der Waals surface area contributed by atoms with Gasteiger partial charge in [0, 0.05) is 45.9 Å². The molecule has 0 N–H and O–H groups in total. The highest BCUT2D eigenvalue weighted by molar-refractivity contribution is 7.19. The molecule has 2 aliphatic rings. The molecule has 2 aromatic heterocycles. The van der Waals surface area contributed by atoms with Crippen LogP contribution in [0, 0.1) is 0 Å². The molecule has 3 nitrogen and oxygen atoms in total. The van der Waals surface area contributed by atoms with Gasteiger partial charge < -0.3 is 9.80 Å². The minimum atomic E-state index is 0.210. The van der Waals surface area contributed by atoms with Crippen LogP contribution in [-0.2, 0) is 30.6 Å². The molecule has 31 heavy (non-hydrogen) atoms. The fraction of sp³-hybridized carbons (Fsp3) is 0.500. The number of carbonyl (C=O) groups excluding carboxylic acids is 1. The molecule has 1 amide bonds. The van der Waals surface area contributed by atoms with E-state index in [1.807, 2.05) is 27.6 Å². The maximum absolute atomic E-state index is 11.9. The lowest BCUT2D eigenvalue weighted by Crippen LogP contribution is -2.34. The van der Waals surface area contributed by atoms with Crippen molar-refractivity contribution in [2.24, 2.45) is 0 Å². The first kappa shape index (κ1) is 21.2. The molecule has 3 aromatic rings. The Labute approximate surface area is 193 Å². The average molecular weight is 453 g/mol. The predicted octanol–water partition coefficient (Wildman–Crippen LogP) is 5.85. The molecular formula is C26H32N2OS2. The molecule has 0 radical (unpaired) electrons. The lowest BCUT2D eigenvalue weighted by molar-refractivity contribution is -0.129. The summed E-state index contributed by atoms with van der Waals surface area (Å²) < 4.78 is 1.43. The highest BCUT2D eigenvalue weighted by atomic mass is 32.1. The molecule has 0 unspecified atom stereocenters. The van der Waals surface area contributed by atoms with Crippen LogP contribution in [0.4, 0.5) is 0 Å². The first-order valence-electron chi connectivity index (χ1n) is 11.7. The second kappa shape index (κ2) is 9.05. The summed E-state index contributed by atoms with van der Waals surface area (Å²) in [5.41, 5.74) is 3.00. The Balaban J connectivity index is 1.19. The number of benzene rings is 1. The third kappa shape index (κ3) is 4.33. The summed E-state index contributed by atoms with van der Waals surface area (Å²) in [4.78, 5) is 21.2. The summed E-state index contributed by atoms with van der Waals surface area (Å²) in [6, 6.07) is 11.2. The minimum absolute atomic E-state index is 0.210. The Morgan fingerprint density at radius 1 is 1.13 bits per heavy atom. The van der Waals surface area contributed by atoms with Crippen molar-refractivity contribution in [3.63, 3.8) is 0 Å². The molecule has 1 fully saturated rings. The van der Waals surface area contributed by atoms with Crippen LogP contribution in [0.25, 0.3) is 10.1 Å². The van der Waals surface area contributed by atoms with Crippen molar-refractivity contribution in [2.45, 2.75) is 58.4 Å². The average Bonchev–Trinajstić information content (AvgIpc) is 3.38. The van der Waals surface area contributed by atoms with E-state index in [9.17, 15) is 4.79 Å². The lowest BCUT2D eigenvalue weighted by Gasteiger charge is -2.31. The Morgan fingerprint density at radius 3 is 2.68 bits per heavy atom. The molecule has 0 spiro atoms. The van der Waals surface area contributed by atoms with Crippen molar-refractivity contribution in [3.05, 3.63) is 56.1 Å². The quantitative estimate of drug-likeness (QED) is 0.485. The largest absolute Gasteiger partial charge is 0.338 e. The fourth-order valence-electron chi connectivity index (χ4n) is 5.29. The number of nitrogens with zero attached hydrogens (tertiary/aromatic N) is 2. The van der Waals surface area contributed by atoms with Gasteiger partial charge in [-0.15, -0.1) is 22.7 Å². The van der Waals surface area contributed by atoms with Crippen LogP contribution in [0.15, 0.2) is 30.3 Å². The number of likely N-dealkylation sites (tertiary alicyclic amines) is 1. The van der Waals surface area contributed by atoms with Crippen LogP contribution in [0.1, 0.15) is 58.4 Å². The summed E-state index contributed by atoms with van der Waals surface area (Å²) in [5.74, 6) is 0.938. The molecule has 5 rings (SSSR count). The minimum Gasteiger partial charge on any atom is -0.338 e. The monoisotopic (exact) mass is 452 g/mol. The summed E-state index contributed by atoms with van der Waals surface area (Å²) in [6.07, 6.45) is 5.84. The van der Waals surface area contributed by atoms with Crippen molar-refractivity contribution in [2.75, 3.05) is 26.2 Å². The number of fused-ring (bicyclic) bond motifs is 2. The van der Waals surface area contributed by atoms with Crippen LogP contribution >= 0.6 is 22.7 Å². The van der Waals surface area contributed by atoms with Crippen molar-refractivity contribution in [1.82, 2.24) is 9.80 Å². The van der Waals surface area contributed by atoms with Crippen LogP contribution in [0.3, 0.4) is 0 Å². The number of carbonyl (C=O) groups is 1. The Morgan fingerprint density at radius 2 is 1.94 bits per heavy atom. The smallest absolute Gasteiger partial charge is 0.219 e. The normalized spacial score (nSPS) is 17.9. The van der Waals surface area contributed by atoms with E-state index >= 15 is 0 Å². The number of hydrogen-bond donors (Lipinski definition) is 0. The lowest BCUT2D eigenvalue weighted by atomic mass is 9.94. The SMILES string of the molecule is CCc1c(CCN2CCC(c3cc4ccccc4s3)CC2)sc2c1CN(C(C)=O)CC2. The molecule has 5 heteroatoms. The van der Waals surface area contributed by atoms with Crippen molar-refractivity contribution >= 4 is 38.7 Å². The summed E-state index contributed by atoms with van der Waals surface area (Å²) in [7, 11) is 0. The van der Waals surface area contributed by atoms with Gasteiger partial charge in [-0.25, -0.2) is 0 Å². The van der Waals surface area contributed by atoms with E-state index in [4.69, 9.17) is 0 Å². The van der Waals surface area contributed by atoms with E-state index in [-0.39, 0.29) is 5.91 Å². The van der Waals surface area contributed by atoms with Crippen molar-refractivity contribution < 1.29 is 4.79 Å². The molecule has 4 heterocycles. The zero-order valence-corrected chi connectivity index (χ0v) is 20.3. The van der Waals surface area contributed by atoms with Crippen LogP contribution in [0.2, 0.25) is 0 Å². The van der Waals surface area contributed by atoms with Gasteiger partial charge in [-0.2, -0.15) is 0 Å². The zero-order chi connectivity index (χ0) is 21.4. The topological polar surface area (TPSA) is 23.6 Å². The molecule has 0 aliphatic carbocycles. The first-order valence-corrected chi connectivity index (χ1v) is 13.3. The molecule has 0 saturated carbocycles. The van der Waals surface area contributed by atoms with E-state index in [1.54, 1.807) is 16.7 Å². The fourth-order valence-corrected chi connectivity index (χ4v) is 7.91. The van der Waals surface area contributed by atoms with Gasteiger partial charge in [0.05, 0.1) is 0 Å². The van der Waals surface area contributed by atoms with E-state index in [1.165, 1.54) is 58.6 Å². The highest BCUT2D eigenvalue weighted by Crippen LogP contribution is 2.37. The van der Waals surface area contributed by atoms with Crippen molar-refractivity contribution in [1.29, 1.82) is 0 Å². The number of thiophene rings is 2. The van der Waals surface area contributed by atoms with Gasteiger partial charge in [-0.05, 0) is 79.8 Å². The molecular weight excluding hydrogens is 420 g/mol. The van der Waals surface area contributed by atoms with Crippen LogP contribution in [-0.4, -0.2) is 41.9 Å². The van der Waals surface area contributed by atoms with E-state index in [2.05, 4.69) is 42.2 Å². The highest BCUT2D eigenvalue weighted by Gasteiger charge is 2.26. The van der Waals surface area contributed by atoms with Gasteiger partial charge in [-0.1, -0.05) is 25.1 Å². The van der Waals surface area contributed by atoms with Crippen molar-refractivity contribution in [3.8, 4) is 0 Å². The predicted molar refractivity (Wildman–Crippen MR) is 132 cm³/mol. The number of piperidine rings is 1. The van der Waals surface area contributed by atoms with Gasteiger partial charge in [0.1, 0.15) is 0 Å². The maximum Gasteiger partial charge on any atom is 0.219 e. The Hall–Kier alpha value is -1.69. The van der Waals surface area contributed by atoms with E-state index < -0.39 is 0 Å². The standard InChI is InChI=1S/C26H32N2OS2/c1-3-21-22-17-28(18(2)29)15-11-25(22)31-24(21)10-14-27-12-8-19(9-13-27)26-16-20-6-4-5-7-23(20)30-26/h4-7,16,19H,3,8-15,17H2,1-2H3. The summed E-state index contributed by atoms with van der Waals surface area (Å²) in [5, 5.41) is 1.40. The molecule has 0 atom stereocenters. The molecule has 164 valence electrons. The second-order valence-corrected chi connectivity index (χ2v) is 11.3. The summed E-state index contributed by atoms with van der Waals surface area (Å²) >= 11 is 4.02. The number of hydrogen-bond acceptors (Lipinski definition) is 4. The van der Waals surface area contributed by atoms with Crippen LogP contribution < -0.4 is 0 Å². The Kier molecular flexibility index (Phi) is 6.18. The van der Waals surface area contributed by atoms with Gasteiger partial charge in [0.15, 0.2) is 0 Å².